The maximum absolute atomic E-state index is 11.7. The van der Waals surface area contributed by atoms with Gasteiger partial charge in [0, 0.05) is 6.54 Å². The van der Waals surface area contributed by atoms with E-state index in [1.807, 2.05) is 0 Å². The Hall–Kier alpha value is -2.24. The van der Waals surface area contributed by atoms with E-state index >= 15 is 0 Å². The molecule has 1 aromatic carbocycles. The van der Waals surface area contributed by atoms with Crippen LogP contribution in [0.25, 0.3) is 0 Å². The monoisotopic (exact) mass is 252 g/mol. The van der Waals surface area contributed by atoms with Crippen LogP contribution in [0.1, 0.15) is 17.3 Å². The van der Waals surface area contributed by atoms with Crippen LogP contribution in [-0.4, -0.2) is 32.1 Å². The summed E-state index contributed by atoms with van der Waals surface area (Å²) < 4.78 is 9.88. The summed E-state index contributed by atoms with van der Waals surface area (Å²) >= 11 is 0. The Morgan fingerprint density at radius 1 is 1.39 bits per heavy atom. The average Bonchev–Trinajstić information content (AvgIpc) is 2.36. The molecule has 1 aromatic rings. The second kappa shape index (κ2) is 6.48. The number of para-hydroxylation sites is 1. The van der Waals surface area contributed by atoms with E-state index in [4.69, 9.17) is 15.2 Å². The molecule has 3 N–H and O–H groups in total. The van der Waals surface area contributed by atoms with E-state index < -0.39 is 5.97 Å². The number of hydrogen-bond acceptors (Lipinski definition) is 5. The number of benzene rings is 1. The number of carbonyl (C=O) groups excluding carboxylic acids is 2. The van der Waals surface area contributed by atoms with Crippen molar-refractivity contribution in [3.8, 4) is 5.75 Å². The number of nitrogen functional groups attached to an aromatic ring is 1. The number of esters is 1. The third-order valence-corrected chi connectivity index (χ3v) is 2.18. The number of hydrogen-bond donors (Lipinski definition) is 2. The lowest BCUT2D eigenvalue weighted by Gasteiger charge is -2.10. The van der Waals surface area contributed by atoms with Crippen LogP contribution in [0.2, 0.25) is 0 Å². The van der Waals surface area contributed by atoms with E-state index in [1.54, 1.807) is 19.1 Å². The Kier molecular flexibility index (Phi) is 4.98. The summed E-state index contributed by atoms with van der Waals surface area (Å²) in [6.45, 7) is 1.93. The zero-order chi connectivity index (χ0) is 13.5. The molecule has 0 aliphatic rings. The average molecular weight is 252 g/mol. The van der Waals surface area contributed by atoms with Crippen LogP contribution in [0, 0.1) is 0 Å². The minimum Gasteiger partial charge on any atom is -0.494 e. The van der Waals surface area contributed by atoms with Gasteiger partial charge in [-0.25, -0.2) is 4.79 Å². The summed E-state index contributed by atoms with van der Waals surface area (Å²) in [6.07, 6.45) is 0. The minimum absolute atomic E-state index is 0.196. The molecule has 0 aromatic heterocycles. The highest BCUT2D eigenvalue weighted by molar-refractivity contribution is 5.95. The van der Waals surface area contributed by atoms with Crippen LogP contribution >= 0.6 is 0 Å². The highest BCUT2D eigenvalue weighted by atomic mass is 16.5. The van der Waals surface area contributed by atoms with Crippen molar-refractivity contribution in [3.05, 3.63) is 23.8 Å². The molecular formula is C12H16N2O4. The lowest BCUT2D eigenvalue weighted by Crippen LogP contribution is -2.28. The number of methoxy groups -OCH3 is 1. The van der Waals surface area contributed by atoms with E-state index in [9.17, 15) is 9.59 Å². The van der Waals surface area contributed by atoms with Gasteiger partial charge in [-0.3, -0.25) is 4.79 Å². The number of nitrogens with two attached hydrogens (primary N) is 1. The van der Waals surface area contributed by atoms with E-state index in [0.717, 1.165) is 0 Å². The number of amides is 1. The number of rotatable bonds is 5. The normalized spacial score (nSPS) is 9.67. The molecule has 1 amide bonds. The van der Waals surface area contributed by atoms with E-state index in [2.05, 4.69) is 5.32 Å². The molecule has 0 bridgehead atoms. The van der Waals surface area contributed by atoms with Gasteiger partial charge in [-0.2, -0.15) is 0 Å². The number of ether oxygens (including phenoxy) is 2. The van der Waals surface area contributed by atoms with Crippen LogP contribution in [-0.2, 0) is 9.53 Å². The molecule has 0 aliphatic heterocycles. The Morgan fingerprint density at radius 3 is 2.72 bits per heavy atom. The number of carbonyl (C=O) groups is 2. The number of nitrogens with one attached hydrogen (secondary N) is 1. The molecule has 0 unspecified atom stereocenters. The lowest BCUT2D eigenvalue weighted by molar-refractivity contribution is -0.124. The number of anilines is 1. The first-order valence-electron chi connectivity index (χ1n) is 5.46. The summed E-state index contributed by atoms with van der Waals surface area (Å²) in [7, 11) is 1.41. The van der Waals surface area contributed by atoms with Crippen LogP contribution in [0.3, 0.4) is 0 Å². The largest absolute Gasteiger partial charge is 0.494 e. The second-order valence-electron chi connectivity index (χ2n) is 3.46. The number of likely N-dealkylation sites (N-methyl/N-ethyl adjacent to an activating group) is 1. The Labute approximate surface area is 105 Å². The van der Waals surface area contributed by atoms with Crippen molar-refractivity contribution in [3.63, 3.8) is 0 Å². The Morgan fingerprint density at radius 2 is 2.11 bits per heavy atom. The maximum atomic E-state index is 11.7. The topological polar surface area (TPSA) is 90.7 Å². The van der Waals surface area contributed by atoms with Gasteiger partial charge >= 0.3 is 5.97 Å². The zero-order valence-corrected chi connectivity index (χ0v) is 10.4. The van der Waals surface area contributed by atoms with Gasteiger partial charge in [0.15, 0.2) is 12.4 Å². The second-order valence-corrected chi connectivity index (χ2v) is 3.46. The third-order valence-electron chi connectivity index (χ3n) is 2.18. The molecule has 0 fully saturated rings. The van der Waals surface area contributed by atoms with E-state index in [0.29, 0.717) is 12.2 Å². The SMILES string of the molecule is CCNC(=O)COC(=O)c1cccc(N)c1OC. The molecule has 6 heteroatoms. The third kappa shape index (κ3) is 3.38. The van der Waals surface area contributed by atoms with E-state index in [-0.39, 0.29) is 23.8 Å². The molecule has 0 radical (unpaired) electrons. The van der Waals surface area contributed by atoms with Gasteiger partial charge in [-0.05, 0) is 19.1 Å². The van der Waals surface area contributed by atoms with E-state index in [1.165, 1.54) is 13.2 Å². The summed E-state index contributed by atoms with van der Waals surface area (Å²) in [5, 5.41) is 2.52. The predicted octanol–water partition coefficient (Wildman–Crippen LogP) is 0.570. The molecule has 6 nitrogen and oxygen atoms in total. The van der Waals surface area contributed by atoms with Crippen LogP contribution in [0.4, 0.5) is 5.69 Å². The highest BCUT2D eigenvalue weighted by Gasteiger charge is 2.16. The first-order chi connectivity index (χ1) is 8.60. The van der Waals surface area contributed by atoms with Gasteiger partial charge in [-0.15, -0.1) is 0 Å². The van der Waals surface area contributed by atoms with Gasteiger partial charge in [0.2, 0.25) is 0 Å². The molecule has 98 valence electrons. The van der Waals surface area contributed by atoms with Crippen LogP contribution < -0.4 is 15.8 Å². The van der Waals surface area contributed by atoms with Gasteiger partial charge in [-0.1, -0.05) is 6.07 Å². The Balaban J connectivity index is 2.73. The molecule has 0 aliphatic carbocycles. The first kappa shape index (κ1) is 13.8. The van der Waals surface area contributed by atoms with Crippen molar-refractivity contribution < 1.29 is 19.1 Å². The van der Waals surface area contributed by atoms with Crippen LogP contribution in [0.15, 0.2) is 18.2 Å². The predicted molar refractivity (Wildman–Crippen MR) is 66.4 cm³/mol. The molecule has 0 heterocycles. The van der Waals surface area contributed by atoms with Gasteiger partial charge in [0.25, 0.3) is 5.91 Å². The zero-order valence-electron chi connectivity index (χ0n) is 10.4. The quantitative estimate of drug-likeness (QED) is 0.590. The summed E-state index contributed by atoms with van der Waals surface area (Å²) in [5.41, 5.74) is 6.20. The van der Waals surface area contributed by atoms with Gasteiger partial charge in [0.1, 0.15) is 5.56 Å². The standard InChI is InChI=1S/C12H16N2O4/c1-3-14-10(15)7-18-12(16)8-5-4-6-9(13)11(8)17-2/h4-6H,3,7,13H2,1-2H3,(H,14,15). The van der Waals surface area contributed by atoms with Crippen molar-refractivity contribution in [1.29, 1.82) is 0 Å². The molecule has 1 rings (SSSR count). The first-order valence-corrected chi connectivity index (χ1v) is 5.46. The van der Waals surface area contributed by atoms with Crippen molar-refractivity contribution in [2.75, 3.05) is 26.0 Å². The molecular weight excluding hydrogens is 236 g/mol. The fourth-order valence-electron chi connectivity index (χ4n) is 1.40. The van der Waals surface area contributed by atoms with Crippen molar-refractivity contribution >= 4 is 17.6 Å². The summed E-state index contributed by atoms with van der Waals surface area (Å²) in [4.78, 5) is 22.9. The fraction of sp³-hybridized carbons (Fsp3) is 0.333. The highest BCUT2D eigenvalue weighted by Crippen LogP contribution is 2.26. The molecule has 0 spiro atoms. The molecule has 0 saturated heterocycles. The van der Waals surface area contributed by atoms with Gasteiger partial charge < -0.3 is 20.5 Å². The van der Waals surface area contributed by atoms with Crippen molar-refractivity contribution in [1.82, 2.24) is 5.32 Å². The van der Waals surface area contributed by atoms with Crippen LogP contribution in [0.5, 0.6) is 5.75 Å². The Bertz CT molecular complexity index is 446. The fourth-order valence-corrected chi connectivity index (χ4v) is 1.40. The van der Waals surface area contributed by atoms with Crippen molar-refractivity contribution in [2.24, 2.45) is 0 Å². The summed E-state index contributed by atoms with van der Waals surface area (Å²) in [6, 6.07) is 4.75. The molecule has 0 saturated carbocycles. The molecule has 0 atom stereocenters. The lowest BCUT2D eigenvalue weighted by atomic mass is 10.2. The smallest absolute Gasteiger partial charge is 0.342 e. The van der Waals surface area contributed by atoms with Crippen molar-refractivity contribution in [2.45, 2.75) is 6.92 Å². The van der Waals surface area contributed by atoms with Gasteiger partial charge in [0.05, 0.1) is 12.8 Å². The minimum atomic E-state index is -0.648. The molecule has 18 heavy (non-hydrogen) atoms. The summed E-state index contributed by atoms with van der Waals surface area (Å²) in [5.74, 6) is -0.752. The maximum Gasteiger partial charge on any atom is 0.342 e.